The molecule has 8 nitrogen and oxygen atoms in total. The van der Waals surface area contributed by atoms with Gasteiger partial charge in [0.1, 0.15) is 0 Å². The molecule has 0 bridgehead atoms. The van der Waals surface area contributed by atoms with Crippen molar-refractivity contribution >= 4 is 17.6 Å². The van der Waals surface area contributed by atoms with Crippen LogP contribution in [-0.2, 0) is 27.2 Å². The van der Waals surface area contributed by atoms with Crippen LogP contribution >= 0.6 is 11.6 Å². The van der Waals surface area contributed by atoms with Crippen molar-refractivity contribution in [2.75, 3.05) is 39.5 Å². The lowest BCUT2D eigenvalue weighted by Crippen LogP contribution is -2.46. The third kappa shape index (κ3) is 11.3. The monoisotopic (exact) mass is 627 g/mol. The van der Waals surface area contributed by atoms with Crippen molar-refractivity contribution < 1.29 is 23.9 Å². The Morgan fingerprint density at radius 2 is 1.66 bits per heavy atom. The van der Waals surface area contributed by atoms with E-state index in [0.717, 1.165) is 35.2 Å². The fourth-order valence-corrected chi connectivity index (χ4v) is 5.11. The summed E-state index contributed by atoms with van der Waals surface area (Å²) in [5.41, 5.74) is 3.58. The number of likely N-dealkylation sites (tertiary alicyclic amines) is 1. The van der Waals surface area contributed by atoms with Gasteiger partial charge < -0.3 is 19.1 Å². The Labute approximate surface area is 268 Å². The van der Waals surface area contributed by atoms with Gasteiger partial charge in [-0.25, -0.2) is 0 Å². The van der Waals surface area contributed by atoms with E-state index in [9.17, 15) is 9.90 Å². The smallest absolute Gasteiger partial charge is 0.312 e. The second-order valence-electron chi connectivity index (χ2n) is 13.6. The molecule has 1 aliphatic heterocycles. The minimum atomic E-state index is -0.831. The van der Waals surface area contributed by atoms with E-state index < -0.39 is 11.4 Å². The number of benzene rings is 2. The third-order valence-electron chi connectivity index (χ3n) is 7.19. The highest BCUT2D eigenvalue weighted by molar-refractivity contribution is 6.31. The third-order valence-corrected chi connectivity index (χ3v) is 7.55. The molecular formula is C35H50ClN3O5. The number of rotatable bonds is 13. The summed E-state index contributed by atoms with van der Waals surface area (Å²) in [6, 6.07) is 13.9. The maximum atomic E-state index is 12.0. The molecule has 0 radical (unpaired) electrons. The van der Waals surface area contributed by atoms with E-state index >= 15 is 0 Å². The highest BCUT2D eigenvalue weighted by Crippen LogP contribution is 2.33. The van der Waals surface area contributed by atoms with Crippen molar-refractivity contribution in [2.24, 2.45) is 16.7 Å². The Morgan fingerprint density at radius 3 is 2.23 bits per heavy atom. The van der Waals surface area contributed by atoms with Crippen LogP contribution < -0.4 is 0 Å². The lowest BCUT2D eigenvalue weighted by Gasteiger charge is -2.38. The van der Waals surface area contributed by atoms with Crippen molar-refractivity contribution in [1.29, 1.82) is 0 Å². The number of carboxylic acid groups (broad SMARTS) is 1. The van der Waals surface area contributed by atoms with E-state index in [1.165, 1.54) is 0 Å². The van der Waals surface area contributed by atoms with Gasteiger partial charge in [-0.15, -0.1) is 0 Å². The van der Waals surface area contributed by atoms with Crippen molar-refractivity contribution in [2.45, 2.75) is 74.3 Å². The minimum Gasteiger partial charge on any atom is -0.481 e. The van der Waals surface area contributed by atoms with Crippen LogP contribution in [0.15, 0.2) is 47.0 Å². The molecule has 3 aromatic rings. The molecule has 1 aromatic heterocycles. The van der Waals surface area contributed by atoms with Gasteiger partial charge in [-0.3, -0.25) is 9.69 Å². The zero-order valence-electron chi connectivity index (χ0n) is 27.5. The minimum absolute atomic E-state index is 0.221. The Kier molecular flexibility index (Phi) is 13.4. The number of carboxylic acids is 1. The summed E-state index contributed by atoms with van der Waals surface area (Å²) in [4.78, 5) is 18.9. The number of aliphatic carboxylic acids is 1. The molecule has 2 heterocycles. The predicted molar refractivity (Wildman–Crippen MR) is 176 cm³/mol. The molecule has 0 saturated carbocycles. The van der Waals surface area contributed by atoms with Gasteiger partial charge in [0.2, 0.25) is 5.82 Å². The second-order valence-corrected chi connectivity index (χ2v) is 14.0. The molecule has 242 valence electrons. The first-order valence-corrected chi connectivity index (χ1v) is 16.0. The lowest BCUT2D eigenvalue weighted by molar-refractivity contribution is -0.157. The van der Waals surface area contributed by atoms with Gasteiger partial charge in [-0.2, -0.15) is 4.98 Å². The maximum Gasteiger partial charge on any atom is 0.312 e. The topological polar surface area (TPSA) is 97.9 Å². The Bertz CT molecular complexity index is 1300. The van der Waals surface area contributed by atoms with E-state index in [2.05, 4.69) is 68.7 Å². The number of nitrogens with zero attached hydrogens (tertiary/aromatic N) is 3. The van der Waals surface area contributed by atoms with Gasteiger partial charge in [0.15, 0.2) is 0 Å². The van der Waals surface area contributed by atoms with Crippen LogP contribution in [0.5, 0.6) is 0 Å². The van der Waals surface area contributed by atoms with Gasteiger partial charge in [0, 0.05) is 29.3 Å². The molecule has 0 atom stereocenters. The highest BCUT2D eigenvalue weighted by atomic mass is 35.5. The van der Waals surface area contributed by atoms with Crippen molar-refractivity contribution in [1.82, 2.24) is 15.0 Å². The van der Waals surface area contributed by atoms with Gasteiger partial charge >= 0.3 is 5.97 Å². The summed E-state index contributed by atoms with van der Waals surface area (Å²) in [5.74, 6) is 0.697. The highest BCUT2D eigenvalue weighted by Gasteiger charge is 2.41. The number of aromatic nitrogens is 2. The predicted octanol–water partition coefficient (Wildman–Crippen LogP) is 8.03. The zero-order chi connectivity index (χ0) is 32.3. The van der Waals surface area contributed by atoms with E-state index in [1.807, 2.05) is 37.3 Å². The molecule has 44 heavy (non-hydrogen) atoms. The van der Waals surface area contributed by atoms with Crippen LogP contribution in [-0.4, -0.2) is 65.6 Å². The van der Waals surface area contributed by atoms with Crippen molar-refractivity contribution in [3.05, 3.63) is 58.6 Å². The first kappa shape index (κ1) is 35.7. The molecule has 4 rings (SSSR count). The average Bonchev–Trinajstić information content (AvgIpc) is 3.45. The number of halogens is 1. The summed E-state index contributed by atoms with van der Waals surface area (Å²) >= 11 is 6.48. The van der Waals surface area contributed by atoms with E-state index in [0.29, 0.717) is 73.8 Å². The number of carbonyl (C=O) groups is 1. The van der Waals surface area contributed by atoms with Crippen LogP contribution in [0.25, 0.3) is 22.8 Å². The molecule has 1 saturated heterocycles. The SMILES string of the molecule is CC(C)(C)C.CCOCCOCC1(C(=O)O)CCN(Cc2ccc(-c3noc(-c4ccc(CC(C)C)c(Cl)c4)n3)cc2)CC1. The summed E-state index contributed by atoms with van der Waals surface area (Å²) in [6.45, 7) is 18.9. The number of ether oxygens (including phenoxy) is 2. The summed E-state index contributed by atoms with van der Waals surface area (Å²) in [6.07, 6.45) is 2.04. The molecule has 0 unspecified atom stereocenters. The zero-order valence-corrected chi connectivity index (χ0v) is 28.2. The van der Waals surface area contributed by atoms with Crippen LogP contribution in [0.1, 0.15) is 72.4 Å². The van der Waals surface area contributed by atoms with E-state index in [-0.39, 0.29) is 6.61 Å². The van der Waals surface area contributed by atoms with Gasteiger partial charge in [0.25, 0.3) is 5.89 Å². The largest absolute Gasteiger partial charge is 0.481 e. The maximum absolute atomic E-state index is 12.0. The standard InChI is InChI=1S/C30H38ClN3O5.C5H12/c1-4-37-15-16-38-20-30(29(35)36)11-13-34(14-12-30)19-22-5-7-23(8-6-22)27-32-28(39-33-27)25-10-9-24(17-21(2)3)26(31)18-25;1-5(2,3)4/h5-10,18,21H,4,11-17,19-20H2,1-3H3,(H,35,36);1-4H3. The van der Waals surface area contributed by atoms with Crippen molar-refractivity contribution in [3.63, 3.8) is 0 Å². The second kappa shape index (κ2) is 16.5. The number of piperidine rings is 1. The first-order valence-electron chi connectivity index (χ1n) is 15.6. The molecule has 0 amide bonds. The fourth-order valence-electron chi connectivity index (χ4n) is 4.85. The fraction of sp³-hybridized carbons (Fsp3) is 0.571. The van der Waals surface area contributed by atoms with Gasteiger partial charge in [0.05, 0.1) is 25.2 Å². The summed E-state index contributed by atoms with van der Waals surface area (Å²) in [7, 11) is 0. The molecule has 9 heteroatoms. The van der Waals surface area contributed by atoms with Crippen molar-refractivity contribution in [3.8, 4) is 22.8 Å². The molecular weight excluding hydrogens is 578 g/mol. The molecule has 1 fully saturated rings. The molecule has 1 N–H and O–H groups in total. The lowest BCUT2D eigenvalue weighted by atomic mass is 9.79. The summed E-state index contributed by atoms with van der Waals surface area (Å²) < 4.78 is 16.5. The first-order chi connectivity index (χ1) is 20.8. The van der Waals surface area contributed by atoms with Crippen LogP contribution in [0.2, 0.25) is 5.02 Å². The average molecular weight is 628 g/mol. The molecule has 0 spiro atoms. The molecule has 2 aromatic carbocycles. The van der Waals surface area contributed by atoms with Gasteiger partial charge in [-0.1, -0.05) is 88.6 Å². The van der Waals surface area contributed by atoms with E-state index in [4.69, 9.17) is 25.6 Å². The Morgan fingerprint density at radius 1 is 1.05 bits per heavy atom. The molecule has 1 aliphatic rings. The van der Waals surface area contributed by atoms with E-state index in [1.54, 1.807) is 0 Å². The Hall–Kier alpha value is -2.78. The summed E-state index contributed by atoms with van der Waals surface area (Å²) in [5, 5.41) is 14.8. The number of hydrogen-bond donors (Lipinski definition) is 1. The Balaban J connectivity index is 0.000000978. The van der Waals surface area contributed by atoms with Crippen LogP contribution in [0, 0.1) is 16.7 Å². The quantitative estimate of drug-likeness (QED) is 0.190. The van der Waals surface area contributed by atoms with Gasteiger partial charge in [-0.05, 0) is 73.9 Å². The normalized spacial score (nSPS) is 15.2. The van der Waals surface area contributed by atoms with Crippen LogP contribution in [0.4, 0.5) is 0 Å². The molecule has 0 aliphatic carbocycles. The van der Waals surface area contributed by atoms with Crippen LogP contribution in [0.3, 0.4) is 0 Å². The number of hydrogen-bond acceptors (Lipinski definition) is 7.